The summed E-state index contributed by atoms with van der Waals surface area (Å²) in [6.45, 7) is 4.96. The van der Waals surface area contributed by atoms with Crippen molar-refractivity contribution in [2.45, 2.75) is 38.3 Å². The van der Waals surface area contributed by atoms with Gasteiger partial charge in [-0.2, -0.15) is 0 Å². The minimum atomic E-state index is -0.833. The second kappa shape index (κ2) is 5.48. The highest BCUT2D eigenvalue weighted by Gasteiger charge is 2.50. The van der Waals surface area contributed by atoms with Gasteiger partial charge in [0.1, 0.15) is 6.04 Å². The van der Waals surface area contributed by atoms with Gasteiger partial charge in [-0.1, -0.05) is 6.42 Å². The molecule has 1 N–H and O–H groups in total. The fourth-order valence-electron chi connectivity index (χ4n) is 4.22. The molecule has 3 rings (SSSR count). The van der Waals surface area contributed by atoms with E-state index in [-0.39, 0.29) is 11.9 Å². The average Bonchev–Trinajstić information content (AvgIpc) is 3.00. The number of carboxylic acid groups (broad SMARTS) is 1. The van der Waals surface area contributed by atoms with Gasteiger partial charge >= 0.3 is 12.0 Å². The van der Waals surface area contributed by atoms with Crippen LogP contribution < -0.4 is 0 Å². The van der Waals surface area contributed by atoms with E-state index in [4.69, 9.17) is 0 Å². The lowest BCUT2D eigenvalue weighted by molar-refractivity contribution is -0.142. The quantitative estimate of drug-likeness (QED) is 0.781. The lowest BCUT2D eigenvalue weighted by Crippen LogP contribution is -2.57. The van der Waals surface area contributed by atoms with E-state index in [1.54, 1.807) is 4.90 Å². The van der Waals surface area contributed by atoms with Gasteiger partial charge in [-0.15, -0.1) is 0 Å². The van der Waals surface area contributed by atoms with Crippen molar-refractivity contribution >= 4 is 12.0 Å². The number of likely N-dealkylation sites (N-methyl/N-ethyl adjacent to an activating group) is 1. The predicted octanol–water partition coefficient (Wildman–Crippen LogP) is 0.927. The van der Waals surface area contributed by atoms with Crippen LogP contribution in [-0.2, 0) is 4.79 Å². The Hall–Kier alpha value is -1.30. The minimum Gasteiger partial charge on any atom is -0.480 e. The summed E-state index contributed by atoms with van der Waals surface area (Å²) in [6.07, 6.45) is 3.12. The molecule has 0 spiro atoms. The average molecular weight is 295 g/mol. The second-order valence-corrected chi connectivity index (χ2v) is 6.85. The van der Waals surface area contributed by atoms with Crippen molar-refractivity contribution < 1.29 is 14.7 Å². The van der Waals surface area contributed by atoms with Gasteiger partial charge in [0.15, 0.2) is 0 Å². The van der Waals surface area contributed by atoms with E-state index in [2.05, 4.69) is 18.9 Å². The summed E-state index contributed by atoms with van der Waals surface area (Å²) in [5.41, 5.74) is 0. The number of aliphatic carboxylic acids is 1. The van der Waals surface area contributed by atoms with Crippen LogP contribution in [-0.4, -0.2) is 77.1 Å². The molecule has 4 atom stereocenters. The van der Waals surface area contributed by atoms with E-state index in [0.29, 0.717) is 31.6 Å². The number of amides is 2. The Morgan fingerprint density at radius 3 is 2.57 bits per heavy atom. The summed E-state index contributed by atoms with van der Waals surface area (Å²) in [5.74, 6) is -0.281. The summed E-state index contributed by atoms with van der Waals surface area (Å²) in [4.78, 5) is 30.1. The van der Waals surface area contributed by atoms with E-state index < -0.39 is 12.0 Å². The summed E-state index contributed by atoms with van der Waals surface area (Å²) in [7, 11) is 2.06. The van der Waals surface area contributed by atoms with Crippen molar-refractivity contribution in [2.24, 2.45) is 11.8 Å². The first-order valence-corrected chi connectivity index (χ1v) is 7.97. The van der Waals surface area contributed by atoms with E-state index in [1.807, 2.05) is 4.90 Å². The van der Waals surface area contributed by atoms with Gasteiger partial charge in [-0.05, 0) is 38.6 Å². The fraction of sp³-hybridized carbons (Fsp3) is 0.867. The standard InChI is InChI=1S/C15H25N3O3/c1-10-8-17(7-6-16(10)2)15(21)18-9-11-4-3-5-12(11)13(18)14(19)20/h10-13H,3-9H2,1-2H3,(H,19,20). The van der Waals surface area contributed by atoms with Crippen LogP contribution in [0.3, 0.4) is 0 Å². The molecular weight excluding hydrogens is 270 g/mol. The van der Waals surface area contributed by atoms with Gasteiger partial charge in [-0.3, -0.25) is 0 Å². The van der Waals surface area contributed by atoms with Gasteiger partial charge in [0.25, 0.3) is 0 Å². The number of nitrogens with zero attached hydrogens (tertiary/aromatic N) is 3. The number of carbonyl (C=O) groups excluding carboxylic acids is 1. The zero-order valence-electron chi connectivity index (χ0n) is 12.9. The SMILES string of the molecule is CC1CN(C(=O)N2CC3CCCC3C2C(=O)O)CCN1C. The Bertz CT molecular complexity index is 442. The molecule has 0 aromatic heterocycles. The van der Waals surface area contributed by atoms with Crippen molar-refractivity contribution in [3.63, 3.8) is 0 Å². The zero-order chi connectivity index (χ0) is 15.1. The molecule has 2 saturated heterocycles. The highest BCUT2D eigenvalue weighted by atomic mass is 16.4. The second-order valence-electron chi connectivity index (χ2n) is 6.85. The Morgan fingerprint density at radius 2 is 1.90 bits per heavy atom. The van der Waals surface area contributed by atoms with Crippen molar-refractivity contribution in [2.75, 3.05) is 33.2 Å². The highest BCUT2D eigenvalue weighted by molar-refractivity contribution is 5.84. The molecule has 0 radical (unpaired) electrons. The van der Waals surface area contributed by atoms with E-state index in [0.717, 1.165) is 25.8 Å². The van der Waals surface area contributed by atoms with Crippen LogP contribution in [0.15, 0.2) is 0 Å². The molecule has 1 aliphatic carbocycles. The van der Waals surface area contributed by atoms with Crippen LogP contribution in [0.1, 0.15) is 26.2 Å². The maximum Gasteiger partial charge on any atom is 0.326 e. The summed E-state index contributed by atoms with van der Waals surface area (Å²) in [6, 6.07) is -0.357. The molecule has 2 heterocycles. The summed E-state index contributed by atoms with van der Waals surface area (Å²) in [5, 5.41) is 9.55. The number of hydrogen-bond donors (Lipinski definition) is 1. The number of carbonyl (C=O) groups is 2. The van der Waals surface area contributed by atoms with Crippen molar-refractivity contribution in [1.82, 2.24) is 14.7 Å². The molecule has 0 aromatic rings. The van der Waals surface area contributed by atoms with Gasteiger partial charge in [0, 0.05) is 32.2 Å². The molecular formula is C15H25N3O3. The Labute approximate surface area is 125 Å². The van der Waals surface area contributed by atoms with Gasteiger partial charge < -0.3 is 19.8 Å². The van der Waals surface area contributed by atoms with Crippen molar-refractivity contribution in [3.05, 3.63) is 0 Å². The fourth-order valence-corrected chi connectivity index (χ4v) is 4.22. The van der Waals surface area contributed by atoms with Crippen molar-refractivity contribution in [1.29, 1.82) is 0 Å². The summed E-state index contributed by atoms with van der Waals surface area (Å²) >= 11 is 0. The van der Waals surface area contributed by atoms with E-state index in [1.165, 1.54) is 0 Å². The van der Waals surface area contributed by atoms with Gasteiger partial charge in [0.2, 0.25) is 0 Å². The molecule has 3 aliphatic rings. The Balaban J connectivity index is 1.73. The third-order valence-corrected chi connectivity index (χ3v) is 5.62. The third kappa shape index (κ3) is 2.50. The summed E-state index contributed by atoms with van der Waals surface area (Å²) < 4.78 is 0. The number of rotatable bonds is 1. The maximum absolute atomic E-state index is 12.8. The normalized spacial score (nSPS) is 36.9. The molecule has 2 aliphatic heterocycles. The first kappa shape index (κ1) is 14.6. The van der Waals surface area contributed by atoms with Crippen LogP contribution in [0.5, 0.6) is 0 Å². The van der Waals surface area contributed by atoms with E-state index >= 15 is 0 Å². The molecule has 0 aromatic carbocycles. The molecule has 3 fully saturated rings. The number of urea groups is 1. The van der Waals surface area contributed by atoms with Crippen LogP contribution in [0.2, 0.25) is 0 Å². The van der Waals surface area contributed by atoms with E-state index in [9.17, 15) is 14.7 Å². The van der Waals surface area contributed by atoms with Crippen molar-refractivity contribution in [3.8, 4) is 0 Å². The Kier molecular flexibility index (Phi) is 3.82. The predicted molar refractivity (Wildman–Crippen MR) is 78.0 cm³/mol. The number of piperazine rings is 1. The van der Waals surface area contributed by atoms with Crippen LogP contribution in [0.25, 0.3) is 0 Å². The number of fused-ring (bicyclic) bond motifs is 1. The first-order valence-electron chi connectivity index (χ1n) is 7.97. The van der Waals surface area contributed by atoms with Crippen LogP contribution in [0.4, 0.5) is 4.79 Å². The highest BCUT2D eigenvalue weighted by Crippen LogP contribution is 2.42. The molecule has 6 heteroatoms. The molecule has 118 valence electrons. The van der Waals surface area contributed by atoms with Crippen LogP contribution in [0, 0.1) is 11.8 Å². The topological polar surface area (TPSA) is 64.1 Å². The molecule has 1 saturated carbocycles. The number of carboxylic acids is 1. The number of likely N-dealkylation sites (tertiary alicyclic amines) is 1. The zero-order valence-corrected chi connectivity index (χ0v) is 12.9. The Morgan fingerprint density at radius 1 is 1.14 bits per heavy atom. The molecule has 21 heavy (non-hydrogen) atoms. The first-order chi connectivity index (χ1) is 9.99. The molecule has 2 amide bonds. The van der Waals surface area contributed by atoms with Crippen LogP contribution >= 0.6 is 0 Å². The molecule has 0 bridgehead atoms. The smallest absolute Gasteiger partial charge is 0.326 e. The van der Waals surface area contributed by atoms with Gasteiger partial charge in [-0.25, -0.2) is 9.59 Å². The maximum atomic E-state index is 12.8. The molecule has 6 nitrogen and oxygen atoms in total. The number of hydrogen-bond acceptors (Lipinski definition) is 3. The minimum absolute atomic E-state index is 0.0725. The van der Waals surface area contributed by atoms with Gasteiger partial charge in [0.05, 0.1) is 0 Å². The molecule has 4 unspecified atom stereocenters. The monoisotopic (exact) mass is 295 g/mol. The third-order valence-electron chi connectivity index (χ3n) is 5.62. The lowest BCUT2D eigenvalue weighted by Gasteiger charge is -2.40. The largest absolute Gasteiger partial charge is 0.480 e. The lowest BCUT2D eigenvalue weighted by atomic mass is 9.94.